The van der Waals surface area contributed by atoms with Crippen LogP contribution < -0.4 is 10.1 Å². The molecule has 0 amide bonds. The highest BCUT2D eigenvalue weighted by Gasteiger charge is 2.11. The van der Waals surface area contributed by atoms with Crippen molar-refractivity contribution in [2.75, 3.05) is 12.4 Å². The van der Waals surface area contributed by atoms with E-state index in [0.29, 0.717) is 0 Å². The van der Waals surface area contributed by atoms with Crippen molar-refractivity contribution in [3.63, 3.8) is 0 Å². The number of benzene rings is 1. The molecular formula is C13H12FN3O3. The van der Waals surface area contributed by atoms with E-state index >= 15 is 0 Å². The van der Waals surface area contributed by atoms with Gasteiger partial charge in [0.15, 0.2) is 11.6 Å². The molecule has 0 unspecified atom stereocenters. The lowest BCUT2D eigenvalue weighted by Crippen LogP contribution is -2.00. The number of anilines is 1. The molecule has 2 rings (SSSR count). The quantitative estimate of drug-likeness (QED) is 0.671. The fourth-order valence-electron chi connectivity index (χ4n) is 1.54. The van der Waals surface area contributed by atoms with Gasteiger partial charge in [0.2, 0.25) is 0 Å². The molecule has 1 aromatic carbocycles. The lowest BCUT2D eigenvalue weighted by atomic mass is 10.3. The third-order valence-corrected chi connectivity index (χ3v) is 2.60. The van der Waals surface area contributed by atoms with Gasteiger partial charge in [0.1, 0.15) is 12.4 Å². The van der Waals surface area contributed by atoms with Crippen LogP contribution >= 0.6 is 0 Å². The van der Waals surface area contributed by atoms with Crippen LogP contribution in [0, 0.1) is 15.9 Å². The first-order chi connectivity index (χ1) is 9.60. The Morgan fingerprint density at radius 3 is 2.75 bits per heavy atom. The number of ether oxygens (including phenoxy) is 1. The van der Waals surface area contributed by atoms with E-state index in [9.17, 15) is 14.5 Å². The first kappa shape index (κ1) is 13.7. The van der Waals surface area contributed by atoms with Gasteiger partial charge in [0.05, 0.1) is 11.0 Å². The summed E-state index contributed by atoms with van der Waals surface area (Å²) in [6, 6.07) is 6.83. The van der Waals surface area contributed by atoms with E-state index < -0.39 is 10.7 Å². The molecule has 1 N–H and O–H groups in total. The molecule has 20 heavy (non-hydrogen) atoms. The van der Waals surface area contributed by atoms with E-state index in [2.05, 4.69) is 10.3 Å². The monoisotopic (exact) mass is 277 g/mol. The van der Waals surface area contributed by atoms with E-state index in [4.69, 9.17) is 4.74 Å². The highest BCUT2D eigenvalue weighted by molar-refractivity contribution is 5.38. The van der Waals surface area contributed by atoms with Crippen molar-refractivity contribution in [3.05, 3.63) is 58.0 Å². The predicted molar refractivity (Wildman–Crippen MR) is 71.2 cm³/mol. The number of aromatic nitrogens is 1. The minimum atomic E-state index is -0.765. The molecule has 0 fully saturated rings. The van der Waals surface area contributed by atoms with E-state index in [1.807, 2.05) is 0 Å². The van der Waals surface area contributed by atoms with Crippen molar-refractivity contribution in [1.82, 2.24) is 4.98 Å². The Balaban J connectivity index is 2.04. The number of nitro groups is 1. The van der Waals surface area contributed by atoms with Gasteiger partial charge in [-0.1, -0.05) is 6.07 Å². The highest BCUT2D eigenvalue weighted by atomic mass is 19.1. The molecule has 0 spiro atoms. The van der Waals surface area contributed by atoms with Gasteiger partial charge in [-0.25, -0.2) is 9.37 Å². The van der Waals surface area contributed by atoms with Crippen LogP contribution in [-0.4, -0.2) is 17.0 Å². The van der Waals surface area contributed by atoms with Gasteiger partial charge in [-0.3, -0.25) is 10.1 Å². The standard InChI is InChI=1S/C13H12FN3O3/c1-15-13-5-2-9(7-16-13)8-20-12-4-3-10(17(18)19)6-11(12)14/h2-7H,8H2,1H3,(H,15,16). The zero-order valence-corrected chi connectivity index (χ0v) is 10.7. The minimum absolute atomic E-state index is 0.0340. The van der Waals surface area contributed by atoms with Gasteiger partial charge in [-0.05, 0) is 12.1 Å². The van der Waals surface area contributed by atoms with Gasteiger partial charge in [0, 0.05) is 24.9 Å². The zero-order valence-electron chi connectivity index (χ0n) is 10.7. The second-order valence-corrected chi connectivity index (χ2v) is 3.96. The second-order valence-electron chi connectivity index (χ2n) is 3.96. The van der Waals surface area contributed by atoms with Crippen LogP contribution in [0.2, 0.25) is 0 Å². The fraction of sp³-hybridized carbons (Fsp3) is 0.154. The molecule has 0 aliphatic heterocycles. The molecule has 0 bridgehead atoms. The molecule has 104 valence electrons. The first-order valence-electron chi connectivity index (χ1n) is 5.79. The van der Waals surface area contributed by atoms with E-state index in [1.165, 1.54) is 12.1 Å². The van der Waals surface area contributed by atoms with Crippen LogP contribution in [0.25, 0.3) is 0 Å². The van der Waals surface area contributed by atoms with E-state index in [-0.39, 0.29) is 18.0 Å². The molecule has 1 heterocycles. The van der Waals surface area contributed by atoms with Crippen LogP contribution in [0.15, 0.2) is 36.5 Å². The SMILES string of the molecule is CNc1ccc(COc2ccc([N+](=O)[O-])cc2F)cn1. The van der Waals surface area contributed by atoms with Crippen molar-refractivity contribution >= 4 is 11.5 Å². The molecule has 0 saturated carbocycles. The van der Waals surface area contributed by atoms with Crippen molar-refractivity contribution in [1.29, 1.82) is 0 Å². The Kier molecular flexibility index (Phi) is 4.09. The number of non-ortho nitro benzene ring substituents is 1. The number of rotatable bonds is 5. The normalized spacial score (nSPS) is 10.1. The second kappa shape index (κ2) is 5.96. The Morgan fingerprint density at radius 1 is 1.40 bits per heavy atom. The summed E-state index contributed by atoms with van der Waals surface area (Å²) < 4.78 is 18.8. The Bertz CT molecular complexity index is 617. The molecule has 0 atom stereocenters. The smallest absolute Gasteiger partial charge is 0.272 e. The van der Waals surface area contributed by atoms with Gasteiger partial charge in [0.25, 0.3) is 5.69 Å². The summed E-state index contributed by atoms with van der Waals surface area (Å²) in [6.07, 6.45) is 1.61. The van der Waals surface area contributed by atoms with Crippen molar-refractivity contribution < 1.29 is 14.1 Å². The van der Waals surface area contributed by atoms with Crippen LogP contribution in [0.3, 0.4) is 0 Å². The van der Waals surface area contributed by atoms with Crippen LogP contribution in [0.5, 0.6) is 5.75 Å². The minimum Gasteiger partial charge on any atom is -0.486 e. The molecule has 0 saturated heterocycles. The molecule has 0 radical (unpaired) electrons. The summed E-state index contributed by atoms with van der Waals surface area (Å²) in [4.78, 5) is 13.9. The summed E-state index contributed by atoms with van der Waals surface area (Å²) in [7, 11) is 1.75. The molecule has 0 aliphatic rings. The number of hydrogen-bond donors (Lipinski definition) is 1. The van der Waals surface area contributed by atoms with E-state index in [0.717, 1.165) is 17.4 Å². The molecular weight excluding hydrogens is 265 g/mol. The van der Waals surface area contributed by atoms with Crippen molar-refractivity contribution in [2.45, 2.75) is 6.61 Å². The van der Waals surface area contributed by atoms with Gasteiger partial charge in [-0.2, -0.15) is 0 Å². The van der Waals surface area contributed by atoms with Gasteiger partial charge in [-0.15, -0.1) is 0 Å². The number of nitrogens with one attached hydrogen (secondary N) is 1. The Labute approximate surface area is 114 Å². The van der Waals surface area contributed by atoms with Crippen LogP contribution in [0.1, 0.15) is 5.56 Å². The van der Waals surface area contributed by atoms with Gasteiger partial charge < -0.3 is 10.1 Å². The molecule has 1 aromatic heterocycles. The van der Waals surface area contributed by atoms with Crippen LogP contribution in [-0.2, 0) is 6.61 Å². The van der Waals surface area contributed by atoms with Crippen LogP contribution in [0.4, 0.5) is 15.9 Å². The average Bonchev–Trinajstić information content (AvgIpc) is 2.46. The van der Waals surface area contributed by atoms with Gasteiger partial charge >= 0.3 is 0 Å². The summed E-state index contributed by atoms with van der Waals surface area (Å²) in [5.41, 5.74) is 0.455. The third-order valence-electron chi connectivity index (χ3n) is 2.60. The zero-order chi connectivity index (χ0) is 14.5. The predicted octanol–water partition coefficient (Wildman–Crippen LogP) is 2.75. The maximum atomic E-state index is 13.6. The molecule has 6 nitrogen and oxygen atoms in total. The number of nitro benzene ring substituents is 1. The lowest BCUT2D eigenvalue weighted by molar-refractivity contribution is -0.385. The summed E-state index contributed by atoms with van der Waals surface area (Å²) in [5, 5.41) is 13.4. The van der Waals surface area contributed by atoms with Crippen molar-refractivity contribution in [2.24, 2.45) is 0 Å². The number of hydrogen-bond acceptors (Lipinski definition) is 5. The fourth-order valence-corrected chi connectivity index (χ4v) is 1.54. The first-order valence-corrected chi connectivity index (χ1v) is 5.79. The molecule has 7 heteroatoms. The largest absolute Gasteiger partial charge is 0.486 e. The number of nitrogens with zero attached hydrogens (tertiary/aromatic N) is 2. The average molecular weight is 277 g/mol. The van der Waals surface area contributed by atoms with Crippen molar-refractivity contribution in [3.8, 4) is 5.75 Å². The highest BCUT2D eigenvalue weighted by Crippen LogP contribution is 2.23. The lowest BCUT2D eigenvalue weighted by Gasteiger charge is -2.07. The Morgan fingerprint density at radius 2 is 2.20 bits per heavy atom. The maximum Gasteiger partial charge on any atom is 0.272 e. The maximum absolute atomic E-state index is 13.6. The topological polar surface area (TPSA) is 77.3 Å². The Hall–Kier alpha value is -2.70. The molecule has 2 aromatic rings. The summed E-state index contributed by atoms with van der Waals surface area (Å²) >= 11 is 0. The van der Waals surface area contributed by atoms with E-state index in [1.54, 1.807) is 25.4 Å². The number of halogens is 1. The third kappa shape index (κ3) is 3.19. The summed E-state index contributed by atoms with van der Waals surface area (Å²) in [6.45, 7) is 0.131. The number of pyridine rings is 1. The summed E-state index contributed by atoms with van der Waals surface area (Å²) in [5.74, 6) is -0.0810. The molecule has 0 aliphatic carbocycles.